The van der Waals surface area contributed by atoms with Crippen molar-refractivity contribution in [1.29, 1.82) is 0 Å². The highest BCUT2D eigenvalue weighted by Gasteiger charge is 2.54. The molecule has 20 heavy (non-hydrogen) atoms. The van der Waals surface area contributed by atoms with Crippen LogP contribution in [0.25, 0.3) is 0 Å². The van der Waals surface area contributed by atoms with Gasteiger partial charge in [-0.2, -0.15) is 0 Å². The standard InChI is InChI=1S/C14H24O6/c1-12(2,16)8-7-10(15)11-9-19-13(3,17-5)14(4,18-6)20-11/h10-11,15-16H,9H2,1-6H3/t10-,11-,13-,14-/m1/s1. The van der Waals surface area contributed by atoms with Crippen LogP contribution in [0.1, 0.15) is 27.7 Å². The van der Waals surface area contributed by atoms with E-state index in [2.05, 4.69) is 11.8 Å². The number of ether oxygens (including phenoxy) is 4. The average molecular weight is 288 g/mol. The smallest absolute Gasteiger partial charge is 0.220 e. The van der Waals surface area contributed by atoms with Crippen LogP contribution in [-0.4, -0.2) is 60.4 Å². The molecule has 1 fully saturated rings. The second-order valence-electron chi connectivity index (χ2n) is 5.54. The molecule has 2 N–H and O–H groups in total. The van der Waals surface area contributed by atoms with Gasteiger partial charge in [-0.15, -0.1) is 0 Å². The summed E-state index contributed by atoms with van der Waals surface area (Å²) in [5.41, 5.74) is -1.18. The Kier molecular flexibility index (Phi) is 5.19. The first kappa shape index (κ1) is 17.4. The van der Waals surface area contributed by atoms with Gasteiger partial charge in [-0.05, 0) is 27.7 Å². The average Bonchev–Trinajstić information content (AvgIpc) is 2.38. The van der Waals surface area contributed by atoms with Crippen molar-refractivity contribution in [1.82, 2.24) is 0 Å². The molecule has 0 aromatic rings. The highest BCUT2D eigenvalue weighted by atomic mass is 16.8. The Morgan fingerprint density at radius 2 is 1.80 bits per heavy atom. The summed E-state index contributed by atoms with van der Waals surface area (Å²) >= 11 is 0. The van der Waals surface area contributed by atoms with E-state index in [1.165, 1.54) is 28.1 Å². The van der Waals surface area contributed by atoms with Gasteiger partial charge in [-0.3, -0.25) is 0 Å². The molecule has 1 saturated heterocycles. The van der Waals surface area contributed by atoms with E-state index in [0.717, 1.165) is 0 Å². The summed E-state index contributed by atoms with van der Waals surface area (Å²) in [6.07, 6.45) is -1.80. The van der Waals surface area contributed by atoms with E-state index in [0.29, 0.717) is 0 Å². The molecule has 116 valence electrons. The fraction of sp³-hybridized carbons (Fsp3) is 0.857. The highest BCUT2D eigenvalue weighted by Crippen LogP contribution is 2.37. The minimum atomic E-state index is -1.18. The molecule has 0 saturated carbocycles. The predicted octanol–water partition coefficient (Wildman–Crippen LogP) is 0.262. The fourth-order valence-electron chi connectivity index (χ4n) is 1.78. The normalized spacial score (nSPS) is 36.1. The first-order valence-electron chi connectivity index (χ1n) is 6.42. The molecule has 0 unspecified atom stereocenters. The van der Waals surface area contributed by atoms with Gasteiger partial charge in [-0.1, -0.05) is 11.8 Å². The second kappa shape index (κ2) is 5.98. The van der Waals surface area contributed by atoms with Gasteiger partial charge < -0.3 is 29.2 Å². The third-order valence-corrected chi connectivity index (χ3v) is 3.38. The van der Waals surface area contributed by atoms with Gasteiger partial charge in [0.05, 0.1) is 6.61 Å². The lowest BCUT2D eigenvalue weighted by Crippen LogP contribution is -2.63. The number of hydrogen-bond donors (Lipinski definition) is 2. The highest BCUT2D eigenvalue weighted by molar-refractivity contribution is 5.15. The van der Waals surface area contributed by atoms with Crippen LogP contribution in [0.15, 0.2) is 0 Å². The zero-order chi connectivity index (χ0) is 15.6. The Morgan fingerprint density at radius 3 is 2.25 bits per heavy atom. The van der Waals surface area contributed by atoms with Crippen LogP contribution in [0.4, 0.5) is 0 Å². The van der Waals surface area contributed by atoms with Crippen molar-refractivity contribution in [3.8, 4) is 11.8 Å². The maximum Gasteiger partial charge on any atom is 0.220 e. The molecule has 0 amide bonds. The van der Waals surface area contributed by atoms with E-state index in [-0.39, 0.29) is 6.61 Å². The molecular weight excluding hydrogens is 264 g/mol. The topological polar surface area (TPSA) is 77.4 Å². The minimum Gasteiger partial charge on any atom is -0.378 e. The Hall–Kier alpha value is -0.680. The van der Waals surface area contributed by atoms with E-state index < -0.39 is 29.4 Å². The summed E-state index contributed by atoms with van der Waals surface area (Å²) in [5.74, 6) is 2.84. The molecule has 1 heterocycles. The molecule has 6 nitrogen and oxygen atoms in total. The SMILES string of the molecule is CO[C@]1(C)OC[C@H]([C@H](O)C#CC(C)(C)O)O[C@@]1(C)OC. The molecule has 0 spiro atoms. The molecular formula is C14H24O6. The minimum absolute atomic E-state index is 0.102. The summed E-state index contributed by atoms with van der Waals surface area (Å²) in [6, 6.07) is 0. The van der Waals surface area contributed by atoms with Crippen molar-refractivity contribution in [2.45, 2.75) is 57.1 Å². The van der Waals surface area contributed by atoms with Crippen molar-refractivity contribution in [3.63, 3.8) is 0 Å². The van der Waals surface area contributed by atoms with Gasteiger partial charge in [0, 0.05) is 14.2 Å². The maximum absolute atomic E-state index is 10.0. The summed E-state index contributed by atoms with van der Waals surface area (Å²) in [5, 5.41) is 19.6. The molecule has 0 aromatic heterocycles. The third-order valence-electron chi connectivity index (χ3n) is 3.38. The van der Waals surface area contributed by atoms with Crippen LogP contribution in [0.3, 0.4) is 0 Å². The number of methoxy groups -OCH3 is 2. The second-order valence-corrected chi connectivity index (χ2v) is 5.54. The number of aliphatic hydroxyl groups excluding tert-OH is 1. The first-order chi connectivity index (χ1) is 9.07. The molecule has 1 aliphatic heterocycles. The predicted molar refractivity (Wildman–Crippen MR) is 71.7 cm³/mol. The maximum atomic E-state index is 10.0. The van der Waals surface area contributed by atoms with Crippen LogP contribution in [-0.2, 0) is 18.9 Å². The third kappa shape index (κ3) is 3.70. The van der Waals surface area contributed by atoms with E-state index in [4.69, 9.17) is 18.9 Å². The lowest BCUT2D eigenvalue weighted by atomic mass is 10.0. The van der Waals surface area contributed by atoms with Gasteiger partial charge in [0.25, 0.3) is 0 Å². The number of aliphatic hydroxyl groups is 2. The molecule has 1 rings (SSSR count). The summed E-state index contributed by atoms with van der Waals surface area (Å²) < 4.78 is 22.0. The lowest BCUT2D eigenvalue weighted by Gasteiger charge is -2.49. The van der Waals surface area contributed by atoms with Crippen LogP contribution >= 0.6 is 0 Å². The van der Waals surface area contributed by atoms with Crippen molar-refractivity contribution in [2.75, 3.05) is 20.8 Å². The van der Waals surface area contributed by atoms with Crippen LogP contribution in [0.5, 0.6) is 0 Å². The van der Waals surface area contributed by atoms with Gasteiger partial charge in [0.1, 0.15) is 17.8 Å². The summed E-state index contributed by atoms with van der Waals surface area (Å²) in [6.45, 7) is 6.53. The zero-order valence-corrected chi connectivity index (χ0v) is 12.9. The van der Waals surface area contributed by atoms with Crippen LogP contribution in [0, 0.1) is 11.8 Å². The van der Waals surface area contributed by atoms with Gasteiger partial charge >= 0.3 is 0 Å². The Labute approximate surface area is 120 Å². The molecule has 0 aliphatic carbocycles. The van der Waals surface area contributed by atoms with E-state index in [1.54, 1.807) is 13.8 Å². The van der Waals surface area contributed by atoms with Gasteiger partial charge in [-0.25, -0.2) is 0 Å². The Balaban J connectivity index is 2.84. The molecule has 4 atom stereocenters. The largest absolute Gasteiger partial charge is 0.378 e. The number of hydrogen-bond acceptors (Lipinski definition) is 6. The Bertz CT molecular complexity index is 393. The van der Waals surface area contributed by atoms with Crippen molar-refractivity contribution in [3.05, 3.63) is 0 Å². The van der Waals surface area contributed by atoms with Crippen LogP contribution < -0.4 is 0 Å². The van der Waals surface area contributed by atoms with E-state index in [1.807, 2.05) is 0 Å². The zero-order valence-electron chi connectivity index (χ0n) is 12.9. The molecule has 0 radical (unpaired) electrons. The molecule has 0 bridgehead atoms. The summed E-state index contributed by atoms with van der Waals surface area (Å²) in [7, 11) is 2.96. The van der Waals surface area contributed by atoms with Crippen molar-refractivity contribution in [2.24, 2.45) is 0 Å². The first-order valence-corrected chi connectivity index (χ1v) is 6.42. The van der Waals surface area contributed by atoms with Gasteiger partial charge in [0.2, 0.25) is 11.6 Å². The molecule has 6 heteroatoms. The molecule has 1 aliphatic rings. The van der Waals surface area contributed by atoms with Crippen molar-refractivity contribution >= 4 is 0 Å². The van der Waals surface area contributed by atoms with E-state index >= 15 is 0 Å². The van der Waals surface area contributed by atoms with E-state index in [9.17, 15) is 10.2 Å². The van der Waals surface area contributed by atoms with Gasteiger partial charge in [0.15, 0.2) is 0 Å². The fourth-order valence-corrected chi connectivity index (χ4v) is 1.78. The van der Waals surface area contributed by atoms with Crippen molar-refractivity contribution < 1.29 is 29.2 Å². The number of rotatable bonds is 3. The summed E-state index contributed by atoms with van der Waals surface area (Å²) in [4.78, 5) is 0. The Morgan fingerprint density at radius 1 is 1.25 bits per heavy atom. The van der Waals surface area contributed by atoms with Crippen LogP contribution in [0.2, 0.25) is 0 Å². The lowest BCUT2D eigenvalue weighted by molar-refractivity contribution is -0.435. The molecule has 0 aromatic carbocycles. The quantitative estimate of drug-likeness (QED) is 0.726. The monoisotopic (exact) mass is 288 g/mol.